The number of aromatic nitrogens is 1. The third-order valence-corrected chi connectivity index (χ3v) is 9.58. The highest BCUT2D eigenvalue weighted by Gasteiger charge is 2.69. The van der Waals surface area contributed by atoms with Crippen molar-refractivity contribution in [2.75, 3.05) is 24.3 Å². The summed E-state index contributed by atoms with van der Waals surface area (Å²) in [6, 6.07) is 11.0. The zero-order valence-electron chi connectivity index (χ0n) is 25.6. The summed E-state index contributed by atoms with van der Waals surface area (Å²) in [5, 5.41) is 10.7. The van der Waals surface area contributed by atoms with Gasteiger partial charge in [0.2, 0.25) is 11.8 Å². The van der Waals surface area contributed by atoms with E-state index in [1.54, 1.807) is 30.5 Å². The lowest BCUT2D eigenvalue weighted by molar-refractivity contribution is -0.124. The van der Waals surface area contributed by atoms with Gasteiger partial charge in [0.25, 0.3) is 0 Å². The molecule has 1 saturated heterocycles. The smallest absolute Gasteiger partial charge is 0.248 e. The van der Waals surface area contributed by atoms with E-state index in [1.807, 2.05) is 13.8 Å². The molecule has 3 aromatic rings. The van der Waals surface area contributed by atoms with Crippen LogP contribution < -0.4 is 26.4 Å². The summed E-state index contributed by atoms with van der Waals surface area (Å²) in [7, 11) is 1.44. The minimum Gasteiger partial charge on any atom is -0.495 e. The van der Waals surface area contributed by atoms with Gasteiger partial charge in [-0.1, -0.05) is 70.0 Å². The first-order valence-electron chi connectivity index (χ1n) is 14.6. The molecule has 0 unspecified atom stereocenters. The predicted molar refractivity (Wildman–Crippen MR) is 172 cm³/mol. The second-order valence-electron chi connectivity index (χ2n) is 13.2. The number of methoxy groups -OCH3 is 1. The minimum atomic E-state index is -1.35. The van der Waals surface area contributed by atoms with Crippen LogP contribution >= 0.6 is 23.2 Å². The number of hydrogen-bond donors (Lipinski definition) is 4. The van der Waals surface area contributed by atoms with Gasteiger partial charge < -0.3 is 21.1 Å². The molecular formula is C33H38Cl2FN5O3. The van der Waals surface area contributed by atoms with E-state index in [4.69, 9.17) is 33.7 Å². The van der Waals surface area contributed by atoms with Gasteiger partial charge in [0, 0.05) is 46.9 Å². The molecule has 44 heavy (non-hydrogen) atoms. The van der Waals surface area contributed by atoms with Crippen molar-refractivity contribution in [2.24, 2.45) is 17.1 Å². The van der Waals surface area contributed by atoms with Gasteiger partial charge in [0.05, 0.1) is 17.8 Å². The summed E-state index contributed by atoms with van der Waals surface area (Å²) in [6.07, 6.45) is 2.40. The van der Waals surface area contributed by atoms with Crippen molar-refractivity contribution < 1.29 is 18.7 Å². The number of carbonyl (C=O) groups excluding carboxylic acids is 2. The van der Waals surface area contributed by atoms with Gasteiger partial charge in [-0.25, -0.2) is 9.37 Å². The summed E-state index contributed by atoms with van der Waals surface area (Å²) in [5.41, 5.74) is 5.70. The van der Waals surface area contributed by atoms with Crippen LogP contribution in [-0.4, -0.2) is 42.0 Å². The van der Waals surface area contributed by atoms with Crippen molar-refractivity contribution in [1.82, 2.24) is 10.3 Å². The Morgan fingerprint density at radius 1 is 1.20 bits per heavy atom. The van der Waals surface area contributed by atoms with Crippen molar-refractivity contribution in [3.8, 4) is 5.75 Å². The predicted octanol–water partition coefficient (Wildman–Crippen LogP) is 6.52. The Bertz CT molecular complexity index is 1630. The van der Waals surface area contributed by atoms with E-state index >= 15 is 4.39 Å². The van der Waals surface area contributed by atoms with E-state index in [9.17, 15) is 9.59 Å². The normalized spacial score (nSPS) is 24.3. The van der Waals surface area contributed by atoms with E-state index in [0.29, 0.717) is 29.4 Å². The Balaban J connectivity index is 1.78. The molecule has 234 valence electrons. The maximum absolute atomic E-state index is 16.3. The summed E-state index contributed by atoms with van der Waals surface area (Å²) in [4.78, 5) is 31.2. The Kier molecular flexibility index (Phi) is 8.37. The van der Waals surface area contributed by atoms with E-state index < -0.39 is 28.6 Å². The van der Waals surface area contributed by atoms with Gasteiger partial charge in [-0.15, -0.1) is 0 Å². The third kappa shape index (κ3) is 5.18. The van der Waals surface area contributed by atoms with Crippen molar-refractivity contribution in [1.29, 1.82) is 0 Å². The number of nitrogens with zero attached hydrogens (tertiary/aromatic N) is 1. The first-order chi connectivity index (χ1) is 20.7. The first-order valence-corrected chi connectivity index (χ1v) is 15.3. The highest BCUT2D eigenvalue weighted by atomic mass is 35.5. The molecule has 1 spiro atoms. The number of benzene rings is 2. The SMILES string of the molecule is COc1cc(C(N)=O)ccc1NC(=O)[C@]1(C(C)C)N[C@@H](CC(C)(C)C)[C@@]2(CNc3cc(Cl)ncc32)[C@H]1c1cccc(Cl)c1F. The number of nitrogens with two attached hydrogens (primary N) is 1. The van der Waals surface area contributed by atoms with Gasteiger partial charge >= 0.3 is 0 Å². The van der Waals surface area contributed by atoms with Crippen LogP contribution in [-0.2, 0) is 10.2 Å². The third-order valence-electron chi connectivity index (χ3n) is 9.08. The van der Waals surface area contributed by atoms with Crippen LogP contribution in [0.25, 0.3) is 0 Å². The number of fused-ring (bicyclic) bond motifs is 2. The molecule has 5 N–H and O–H groups in total. The van der Waals surface area contributed by atoms with Crippen molar-refractivity contribution >= 4 is 46.4 Å². The number of pyridine rings is 1. The maximum Gasteiger partial charge on any atom is 0.248 e. The molecule has 5 rings (SSSR count). The summed E-state index contributed by atoms with van der Waals surface area (Å²) >= 11 is 12.7. The largest absolute Gasteiger partial charge is 0.495 e. The molecule has 0 bridgehead atoms. The number of nitrogens with one attached hydrogen (secondary N) is 3. The van der Waals surface area contributed by atoms with Crippen molar-refractivity contribution in [3.05, 3.63) is 81.3 Å². The summed E-state index contributed by atoms with van der Waals surface area (Å²) < 4.78 is 21.8. The number of ether oxygens (including phenoxy) is 1. The van der Waals surface area contributed by atoms with Gasteiger partial charge in [0.1, 0.15) is 22.3 Å². The lowest BCUT2D eigenvalue weighted by atomic mass is 9.58. The molecule has 2 aromatic carbocycles. The highest BCUT2D eigenvalue weighted by Crippen LogP contribution is 2.61. The molecule has 0 aliphatic carbocycles. The number of hydrogen-bond acceptors (Lipinski definition) is 6. The molecule has 0 saturated carbocycles. The quantitative estimate of drug-likeness (QED) is 0.218. The lowest BCUT2D eigenvalue weighted by Gasteiger charge is -2.43. The van der Waals surface area contributed by atoms with Crippen LogP contribution in [0.2, 0.25) is 10.2 Å². The number of anilines is 2. The van der Waals surface area contributed by atoms with E-state index in [-0.39, 0.29) is 39.6 Å². The standard InChI is InChI=1S/C33H38Cl2FN5O3/c1-17(2)33(30(43)40-22-11-10-18(29(37)42)12-24(22)44-6)28(19-8-7-9-21(34)27(19)36)32(25(41-33)14-31(3,4)5)16-39-23-13-26(35)38-15-20(23)32/h7-13,15,17,25,28,39,41H,14,16H2,1-6H3,(H2,37,42)(H,40,43)/t25-,28+,32-,33+/m0/s1. The van der Waals surface area contributed by atoms with Crippen LogP contribution in [0.4, 0.5) is 15.8 Å². The molecule has 2 aliphatic heterocycles. The number of rotatable bonds is 7. The lowest BCUT2D eigenvalue weighted by Crippen LogP contribution is -2.59. The van der Waals surface area contributed by atoms with Crippen LogP contribution in [0, 0.1) is 17.2 Å². The van der Waals surface area contributed by atoms with Gasteiger partial charge in [0.15, 0.2) is 0 Å². The van der Waals surface area contributed by atoms with E-state index in [0.717, 1.165) is 11.3 Å². The summed E-state index contributed by atoms with van der Waals surface area (Å²) in [6.45, 7) is 10.7. The fourth-order valence-corrected chi connectivity index (χ4v) is 7.54. The number of primary amides is 1. The van der Waals surface area contributed by atoms with Crippen LogP contribution in [0.5, 0.6) is 5.75 Å². The molecule has 8 nitrogen and oxygen atoms in total. The molecule has 0 radical (unpaired) electrons. The monoisotopic (exact) mass is 641 g/mol. The molecule has 1 fully saturated rings. The zero-order chi connectivity index (χ0) is 32.2. The number of halogens is 3. The Morgan fingerprint density at radius 3 is 2.57 bits per heavy atom. The van der Waals surface area contributed by atoms with E-state index in [2.05, 4.69) is 41.7 Å². The highest BCUT2D eigenvalue weighted by molar-refractivity contribution is 6.30. The topological polar surface area (TPSA) is 118 Å². The maximum atomic E-state index is 16.3. The molecular weight excluding hydrogens is 604 g/mol. The molecule has 4 atom stereocenters. The Labute approximate surface area is 267 Å². The van der Waals surface area contributed by atoms with Gasteiger partial charge in [-0.3, -0.25) is 14.9 Å². The average Bonchev–Trinajstić information content (AvgIpc) is 3.45. The number of carbonyl (C=O) groups is 2. The van der Waals surface area contributed by atoms with Crippen molar-refractivity contribution in [3.63, 3.8) is 0 Å². The Hall–Kier alpha value is -3.40. The zero-order valence-corrected chi connectivity index (χ0v) is 27.2. The molecule has 11 heteroatoms. The van der Waals surface area contributed by atoms with E-state index in [1.165, 1.54) is 25.3 Å². The molecule has 3 heterocycles. The van der Waals surface area contributed by atoms with Crippen LogP contribution in [0.1, 0.15) is 68.4 Å². The van der Waals surface area contributed by atoms with Crippen LogP contribution in [0.15, 0.2) is 48.7 Å². The summed E-state index contributed by atoms with van der Waals surface area (Å²) in [5.74, 6) is -2.39. The molecule has 2 aliphatic rings. The average molecular weight is 643 g/mol. The number of amides is 2. The second kappa shape index (κ2) is 11.5. The fourth-order valence-electron chi connectivity index (χ4n) is 7.20. The van der Waals surface area contributed by atoms with Crippen molar-refractivity contribution in [2.45, 2.75) is 64.0 Å². The van der Waals surface area contributed by atoms with Crippen LogP contribution in [0.3, 0.4) is 0 Å². The second-order valence-corrected chi connectivity index (χ2v) is 14.0. The fraction of sp³-hybridized carbons (Fsp3) is 0.424. The molecule has 2 amide bonds. The van der Waals surface area contributed by atoms with Gasteiger partial charge in [-0.05, 0) is 53.6 Å². The van der Waals surface area contributed by atoms with Gasteiger partial charge in [-0.2, -0.15) is 0 Å². The molecule has 1 aromatic heterocycles. The Morgan fingerprint density at radius 2 is 1.93 bits per heavy atom. The minimum absolute atomic E-state index is 0.0286. The first kappa shape index (κ1) is 32.0.